The minimum absolute atomic E-state index is 0.314. The van der Waals surface area contributed by atoms with Gasteiger partial charge in [0.05, 0.1) is 5.56 Å². The molecule has 2 nitrogen and oxygen atoms in total. The molecular formula is C15H19F4NO. The monoisotopic (exact) mass is 305 g/mol. The van der Waals surface area contributed by atoms with E-state index in [4.69, 9.17) is 0 Å². The van der Waals surface area contributed by atoms with Gasteiger partial charge in [0.2, 0.25) is 0 Å². The molecule has 0 N–H and O–H groups in total. The zero-order valence-electron chi connectivity index (χ0n) is 12.3. The van der Waals surface area contributed by atoms with Crippen LogP contribution in [0.5, 0.6) is 0 Å². The van der Waals surface area contributed by atoms with Gasteiger partial charge in [-0.25, -0.2) is 4.39 Å². The van der Waals surface area contributed by atoms with Crippen LogP contribution in [0.15, 0.2) is 18.2 Å². The second kappa shape index (κ2) is 6.91. The number of hydrogen-bond donors (Lipinski definition) is 0. The van der Waals surface area contributed by atoms with Crippen LogP contribution in [-0.2, 0) is 0 Å². The van der Waals surface area contributed by atoms with Gasteiger partial charge in [-0.2, -0.15) is 13.2 Å². The van der Waals surface area contributed by atoms with Crippen molar-refractivity contribution >= 4 is 5.91 Å². The first-order chi connectivity index (χ1) is 9.69. The summed E-state index contributed by atoms with van der Waals surface area (Å²) >= 11 is 0. The number of nitrogens with zero attached hydrogens (tertiary/aromatic N) is 1. The number of hydrogen-bond acceptors (Lipinski definition) is 1. The lowest BCUT2D eigenvalue weighted by Crippen LogP contribution is -2.45. The molecule has 0 radical (unpaired) electrons. The van der Waals surface area contributed by atoms with Gasteiger partial charge in [-0.05, 0) is 31.9 Å². The fourth-order valence-electron chi connectivity index (χ4n) is 2.25. The Morgan fingerprint density at radius 3 is 2.29 bits per heavy atom. The highest BCUT2D eigenvalue weighted by Gasteiger charge is 2.36. The van der Waals surface area contributed by atoms with Gasteiger partial charge >= 0.3 is 6.18 Å². The third-order valence-corrected chi connectivity index (χ3v) is 3.35. The van der Waals surface area contributed by atoms with E-state index in [0.717, 1.165) is 11.0 Å². The maximum Gasteiger partial charge on any atom is 0.406 e. The summed E-state index contributed by atoms with van der Waals surface area (Å²) in [7, 11) is 0. The van der Waals surface area contributed by atoms with E-state index in [2.05, 4.69) is 0 Å². The first kappa shape index (κ1) is 17.5. The zero-order valence-corrected chi connectivity index (χ0v) is 12.3. The molecule has 0 unspecified atom stereocenters. The number of alkyl halides is 3. The van der Waals surface area contributed by atoms with Crippen molar-refractivity contribution in [2.45, 2.75) is 45.8 Å². The summed E-state index contributed by atoms with van der Waals surface area (Å²) < 4.78 is 51.9. The van der Waals surface area contributed by atoms with Crippen molar-refractivity contribution < 1.29 is 22.4 Å². The van der Waals surface area contributed by atoms with E-state index in [-0.39, 0.29) is 5.56 Å². The molecule has 0 heterocycles. The van der Waals surface area contributed by atoms with Crippen molar-refractivity contribution in [2.24, 2.45) is 0 Å². The van der Waals surface area contributed by atoms with Gasteiger partial charge in [0.15, 0.2) is 0 Å². The average molecular weight is 305 g/mol. The zero-order chi connectivity index (χ0) is 16.2. The van der Waals surface area contributed by atoms with Gasteiger partial charge in [0, 0.05) is 6.04 Å². The van der Waals surface area contributed by atoms with Crippen LogP contribution < -0.4 is 0 Å². The minimum atomic E-state index is -4.52. The number of benzene rings is 1. The predicted molar refractivity (Wildman–Crippen MR) is 72.6 cm³/mol. The highest BCUT2D eigenvalue weighted by Crippen LogP contribution is 2.23. The van der Waals surface area contributed by atoms with Crippen molar-refractivity contribution in [3.05, 3.63) is 35.1 Å². The average Bonchev–Trinajstić information content (AvgIpc) is 2.39. The number of carbonyl (C=O) groups excluding carboxylic acids is 1. The van der Waals surface area contributed by atoms with Gasteiger partial charge in [-0.15, -0.1) is 0 Å². The van der Waals surface area contributed by atoms with E-state index in [1.54, 1.807) is 20.8 Å². The minimum Gasteiger partial charge on any atom is -0.326 e. The molecule has 1 aromatic carbocycles. The van der Waals surface area contributed by atoms with Crippen molar-refractivity contribution in [3.8, 4) is 0 Å². The van der Waals surface area contributed by atoms with Crippen LogP contribution in [-0.4, -0.2) is 29.6 Å². The molecule has 118 valence electrons. The maximum absolute atomic E-state index is 13.8. The molecule has 1 amide bonds. The Morgan fingerprint density at radius 2 is 1.81 bits per heavy atom. The van der Waals surface area contributed by atoms with Crippen LogP contribution >= 0.6 is 0 Å². The Balaban J connectivity index is 3.18. The first-order valence-corrected chi connectivity index (χ1v) is 6.83. The Hall–Kier alpha value is -1.59. The SMILES string of the molecule is CCC(CC)N(CC(F)(F)F)C(=O)c1cc(C)ccc1F. The summed E-state index contributed by atoms with van der Waals surface area (Å²) in [6.07, 6.45) is -3.75. The van der Waals surface area contributed by atoms with Crippen LogP contribution in [0.2, 0.25) is 0 Å². The quantitative estimate of drug-likeness (QED) is 0.742. The molecule has 1 aromatic rings. The van der Waals surface area contributed by atoms with Crippen LogP contribution in [0.25, 0.3) is 0 Å². The van der Waals surface area contributed by atoms with Crippen LogP contribution in [0.3, 0.4) is 0 Å². The lowest BCUT2D eigenvalue weighted by molar-refractivity contribution is -0.145. The highest BCUT2D eigenvalue weighted by atomic mass is 19.4. The van der Waals surface area contributed by atoms with E-state index < -0.39 is 30.5 Å². The van der Waals surface area contributed by atoms with E-state index in [1.807, 2.05) is 0 Å². The molecule has 0 aliphatic rings. The van der Waals surface area contributed by atoms with Crippen molar-refractivity contribution in [2.75, 3.05) is 6.54 Å². The second-order valence-electron chi connectivity index (χ2n) is 5.00. The summed E-state index contributed by atoms with van der Waals surface area (Å²) in [6.45, 7) is 3.70. The topological polar surface area (TPSA) is 20.3 Å². The van der Waals surface area contributed by atoms with Crippen molar-refractivity contribution in [1.29, 1.82) is 0 Å². The molecule has 0 fully saturated rings. The molecule has 0 aliphatic heterocycles. The molecule has 6 heteroatoms. The third kappa shape index (κ3) is 4.72. The molecular weight excluding hydrogens is 286 g/mol. The lowest BCUT2D eigenvalue weighted by atomic mass is 10.1. The first-order valence-electron chi connectivity index (χ1n) is 6.83. The van der Waals surface area contributed by atoms with E-state index in [9.17, 15) is 22.4 Å². The molecule has 21 heavy (non-hydrogen) atoms. The largest absolute Gasteiger partial charge is 0.406 e. The number of carbonyl (C=O) groups is 1. The van der Waals surface area contributed by atoms with Gasteiger partial charge < -0.3 is 4.90 Å². The standard InChI is InChI=1S/C15H19F4NO/c1-4-11(5-2)20(9-15(17,18)19)14(21)12-8-10(3)6-7-13(12)16/h6-8,11H,4-5,9H2,1-3H3. The molecule has 0 bridgehead atoms. The van der Waals surface area contributed by atoms with Gasteiger partial charge in [0.25, 0.3) is 5.91 Å². The predicted octanol–water partition coefficient (Wildman–Crippen LogP) is 4.33. The fourth-order valence-corrected chi connectivity index (χ4v) is 2.25. The number of rotatable bonds is 5. The fraction of sp³-hybridized carbons (Fsp3) is 0.533. The summed E-state index contributed by atoms with van der Waals surface area (Å²) in [6, 6.07) is 3.28. The van der Waals surface area contributed by atoms with Crippen LogP contribution in [0.1, 0.15) is 42.6 Å². The van der Waals surface area contributed by atoms with E-state index >= 15 is 0 Å². The Kier molecular flexibility index (Phi) is 5.75. The lowest BCUT2D eigenvalue weighted by Gasteiger charge is -2.31. The smallest absolute Gasteiger partial charge is 0.326 e. The van der Waals surface area contributed by atoms with E-state index in [0.29, 0.717) is 18.4 Å². The molecule has 0 aromatic heterocycles. The Morgan fingerprint density at radius 1 is 1.24 bits per heavy atom. The van der Waals surface area contributed by atoms with Crippen molar-refractivity contribution in [1.82, 2.24) is 4.90 Å². The number of halogens is 4. The van der Waals surface area contributed by atoms with Crippen molar-refractivity contribution in [3.63, 3.8) is 0 Å². The Bertz CT molecular complexity index is 495. The molecule has 0 aliphatic carbocycles. The molecule has 0 spiro atoms. The molecule has 0 saturated heterocycles. The Labute approximate surface area is 121 Å². The highest BCUT2D eigenvalue weighted by molar-refractivity contribution is 5.95. The number of amides is 1. The molecule has 0 saturated carbocycles. The van der Waals surface area contributed by atoms with Gasteiger partial charge in [-0.3, -0.25) is 4.79 Å². The molecule has 1 rings (SSSR count). The maximum atomic E-state index is 13.8. The summed E-state index contributed by atoms with van der Waals surface area (Å²) in [4.78, 5) is 13.1. The summed E-state index contributed by atoms with van der Waals surface area (Å²) in [5, 5.41) is 0. The summed E-state index contributed by atoms with van der Waals surface area (Å²) in [5.74, 6) is -1.72. The van der Waals surface area contributed by atoms with Gasteiger partial charge in [-0.1, -0.05) is 25.5 Å². The van der Waals surface area contributed by atoms with Crippen LogP contribution in [0, 0.1) is 12.7 Å². The molecule has 0 atom stereocenters. The second-order valence-corrected chi connectivity index (χ2v) is 5.00. The third-order valence-electron chi connectivity index (χ3n) is 3.35. The van der Waals surface area contributed by atoms with Crippen LogP contribution in [0.4, 0.5) is 17.6 Å². The normalized spacial score (nSPS) is 11.8. The van der Waals surface area contributed by atoms with Gasteiger partial charge in [0.1, 0.15) is 12.4 Å². The summed E-state index contributed by atoms with van der Waals surface area (Å²) in [5.41, 5.74) is 0.308. The van der Waals surface area contributed by atoms with E-state index in [1.165, 1.54) is 12.1 Å². The number of aryl methyl sites for hydroxylation is 1.